The van der Waals surface area contributed by atoms with Crippen molar-refractivity contribution in [1.82, 2.24) is 10.2 Å². The lowest BCUT2D eigenvalue weighted by molar-refractivity contribution is 0.414. The molecule has 0 radical (unpaired) electrons. The number of ether oxygens (including phenoxy) is 1. The average molecular weight is 384 g/mol. The molecular formula is C22H29N3OS. The Morgan fingerprint density at radius 2 is 2.07 bits per heavy atom. The standard InChI is InChI=1S/C22H29N3OS/c1-23-22(24-13-11-18-7-6-8-20(15-18)26-2)25-14-12-19(16-25)17-27-21-9-4-3-5-10-21/h3-10,15,19H,11-14,16-17H2,1-2H3,(H,23,24). The molecule has 3 rings (SSSR count). The van der Waals surface area contributed by atoms with Crippen LogP contribution in [0.1, 0.15) is 12.0 Å². The molecule has 1 fully saturated rings. The van der Waals surface area contributed by atoms with Gasteiger partial charge < -0.3 is 15.0 Å². The Morgan fingerprint density at radius 1 is 1.22 bits per heavy atom. The van der Waals surface area contributed by atoms with Gasteiger partial charge in [0.25, 0.3) is 0 Å². The van der Waals surface area contributed by atoms with E-state index in [-0.39, 0.29) is 0 Å². The second-order valence-corrected chi connectivity index (χ2v) is 7.89. The maximum absolute atomic E-state index is 5.30. The van der Waals surface area contributed by atoms with E-state index in [0.29, 0.717) is 5.92 Å². The van der Waals surface area contributed by atoms with Crippen LogP contribution < -0.4 is 10.1 Å². The highest BCUT2D eigenvalue weighted by Crippen LogP contribution is 2.25. The normalized spacial score (nSPS) is 17.2. The van der Waals surface area contributed by atoms with Crippen molar-refractivity contribution >= 4 is 17.7 Å². The van der Waals surface area contributed by atoms with Crippen LogP contribution in [0.3, 0.4) is 0 Å². The van der Waals surface area contributed by atoms with Gasteiger partial charge in [-0.1, -0.05) is 30.3 Å². The molecule has 1 aliphatic heterocycles. The number of nitrogens with one attached hydrogen (secondary N) is 1. The number of benzene rings is 2. The second kappa shape index (κ2) is 10.3. The van der Waals surface area contributed by atoms with Gasteiger partial charge in [0.15, 0.2) is 5.96 Å². The highest BCUT2D eigenvalue weighted by molar-refractivity contribution is 7.99. The van der Waals surface area contributed by atoms with Crippen LogP contribution in [0.5, 0.6) is 5.75 Å². The topological polar surface area (TPSA) is 36.9 Å². The third-order valence-corrected chi connectivity index (χ3v) is 6.10. The molecule has 1 heterocycles. The zero-order valence-corrected chi connectivity index (χ0v) is 17.0. The number of hydrogen-bond donors (Lipinski definition) is 1. The average Bonchev–Trinajstić information content (AvgIpc) is 3.19. The third-order valence-electron chi connectivity index (χ3n) is 4.86. The molecule has 0 amide bonds. The molecule has 2 aromatic carbocycles. The zero-order valence-electron chi connectivity index (χ0n) is 16.2. The summed E-state index contributed by atoms with van der Waals surface area (Å²) in [5.74, 6) is 3.81. The molecule has 1 N–H and O–H groups in total. The summed E-state index contributed by atoms with van der Waals surface area (Å²) in [6.07, 6.45) is 2.19. The molecule has 1 unspecified atom stereocenters. The van der Waals surface area contributed by atoms with Crippen molar-refractivity contribution in [3.63, 3.8) is 0 Å². The molecule has 0 saturated carbocycles. The van der Waals surface area contributed by atoms with Crippen LogP contribution in [-0.4, -0.2) is 50.4 Å². The fourth-order valence-corrected chi connectivity index (χ4v) is 4.42. The number of nitrogens with zero attached hydrogens (tertiary/aromatic N) is 2. The van der Waals surface area contributed by atoms with Crippen LogP contribution in [0, 0.1) is 5.92 Å². The first-order valence-electron chi connectivity index (χ1n) is 9.55. The predicted molar refractivity (Wildman–Crippen MR) is 115 cm³/mol. The SMILES string of the molecule is CN=C(NCCc1cccc(OC)c1)N1CCC(CSc2ccccc2)C1. The van der Waals surface area contributed by atoms with Gasteiger partial charge in [-0.25, -0.2) is 0 Å². The second-order valence-electron chi connectivity index (χ2n) is 6.80. The molecule has 0 spiro atoms. The molecule has 0 aliphatic carbocycles. The first-order chi connectivity index (χ1) is 13.3. The minimum absolute atomic E-state index is 0.715. The first kappa shape index (κ1) is 19.6. The summed E-state index contributed by atoms with van der Waals surface area (Å²) in [4.78, 5) is 8.24. The van der Waals surface area contributed by atoms with Gasteiger partial charge in [-0.2, -0.15) is 0 Å². The summed E-state index contributed by atoms with van der Waals surface area (Å²) < 4.78 is 5.30. The Kier molecular flexibility index (Phi) is 7.45. The third kappa shape index (κ3) is 5.93. The van der Waals surface area contributed by atoms with Crippen molar-refractivity contribution in [3.05, 3.63) is 60.2 Å². The van der Waals surface area contributed by atoms with Crippen LogP contribution >= 0.6 is 11.8 Å². The van der Waals surface area contributed by atoms with E-state index in [1.807, 2.05) is 30.9 Å². The highest BCUT2D eigenvalue weighted by Gasteiger charge is 2.24. The van der Waals surface area contributed by atoms with Crippen LogP contribution in [0.2, 0.25) is 0 Å². The lowest BCUT2D eigenvalue weighted by Gasteiger charge is -2.21. The smallest absolute Gasteiger partial charge is 0.193 e. The van der Waals surface area contributed by atoms with Gasteiger partial charge in [0.2, 0.25) is 0 Å². The van der Waals surface area contributed by atoms with Gasteiger partial charge in [-0.3, -0.25) is 4.99 Å². The van der Waals surface area contributed by atoms with Crippen molar-refractivity contribution in [3.8, 4) is 5.75 Å². The minimum Gasteiger partial charge on any atom is -0.497 e. The van der Waals surface area contributed by atoms with Crippen molar-refractivity contribution in [2.75, 3.05) is 39.5 Å². The van der Waals surface area contributed by atoms with Gasteiger partial charge in [-0.15, -0.1) is 11.8 Å². The molecule has 2 aromatic rings. The summed E-state index contributed by atoms with van der Waals surface area (Å²) in [7, 11) is 3.58. The summed E-state index contributed by atoms with van der Waals surface area (Å²) in [6.45, 7) is 3.04. The van der Waals surface area contributed by atoms with Gasteiger partial charge in [0, 0.05) is 37.3 Å². The summed E-state index contributed by atoms with van der Waals surface area (Å²) in [5.41, 5.74) is 1.27. The minimum atomic E-state index is 0.715. The van der Waals surface area contributed by atoms with E-state index in [1.54, 1.807) is 7.11 Å². The summed E-state index contributed by atoms with van der Waals surface area (Å²) in [6, 6.07) is 18.9. The lowest BCUT2D eigenvalue weighted by atomic mass is 10.1. The Labute approximate surface area is 167 Å². The zero-order chi connectivity index (χ0) is 18.9. The van der Waals surface area contributed by atoms with E-state index in [0.717, 1.165) is 37.8 Å². The van der Waals surface area contributed by atoms with Crippen molar-refractivity contribution in [1.29, 1.82) is 0 Å². The molecule has 5 heteroatoms. The quantitative estimate of drug-likeness (QED) is 0.447. The number of aliphatic imine (C=N–C) groups is 1. The van der Waals surface area contributed by atoms with Crippen molar-refractivity contribution in [2.24, 2.45) is 10.9 Å². The van der Waals surface area contributed by atoms with Crippen molar-refractivity contribution < 1.29 is 4.74 Å². The molecule has 0 bridgehead atoms. The predicted octanol–water partition coefficient (Wildman–Crippen LogP) is 3.93. The molecular weight excluding hydrogens is 354 g/mol. The number of methoxy groups -OCH3 is 1. The van der Waals surface area contributed by atoms with Crippen molar-refractivity contribution in [2.45, 2.75) is 17.7 Å². The van der Waals surface area contributed by atoms with Gasteiger partial charge in [0.1, 0.15) is 5.75 Å². The van der Waals surface area contributed by atoms with E-state index >= 15 is 0 Å². The maximum atomic E-state index is 5.30. The summed E-state index contributed by atoms with van der Waals surface area (Å²) >= 11 is 1.96. The monoisotopic (exact) mass is 383 g/mol. The van der Waals surface area contributed by atoms with E-state index in [2.05, 4.69) is 57.7 Å². The van der Waals surface area contributed by atoms with Crippen LogP contribution in [-0.2, 0) is 6.42 Å². The highest BCUT2D eigenvalue weighted by atomic mass is 32.2. The lowest BCUT2D eigenvalue weighted by Crippen LogP contribution is -2.41. The van der Waals surface area contributed by atoms with E-state index in [9.17, 15) is 0 Å². The van der Waals surface area contributed by atoms with Crippen LogP contribution in [0.4, 0.5) is 0 Å². The van der Waals surface area contributed by atoms with E-state index in [1.165, 1.54) is 22.6 Å². The van der Waals surface area contributed by atoms with Gasteiger partial charge in [-0.05, 0) is 48.6 Å². The van der Waals surface area contributed by atoms with Gasteiger partial charge in [0.05, 0.1) is 7.11 Å². The number of likely N-dealkylation sites (tertiary alicyclic amines) is 1. The first-order valence-corrected chi connectivity index (χ1v) is 10.5. The Balaban J connectivity index is 1.42. The Bertz CT molecular complexity index is 735. The number of thioether (sulfide) groups is 1. The van der Waals surface area contributed by atoms with E-state index < -0.39 is 0 Å². The number of guanidine groups is 1. The van der Waals surface area contributed by atoms with E-state index in [4.69, 9.17) is 4.74 Å². The molecule has 27 heavy (non-hydrogen) atoms. The van der Waals surface area contributed by atoms with Crippen LogP contribution in [0.15, 0.2) is 64.5 Å². The molecule has 0 aromatic heterocycles. The fourth-order valence-electron chi connectivity index (χ4n) is 3.37. The molecule has 4 nitrogen and oxygen atoms in total. The Morgan fingerprint density at radius 3 is 2.85 bits per heavy atom. The molecule has 1 atom stereocenters. The Hall–Kier alpha value is -2.14. The molecule has 1 saturated heterocycles. The maximum Gasteiger partial charge on any atom is 0.193 e. The fraction of sp³-hybridized carbons (Fsp3) is 0.409. The number of hydrogen-bond acceptors (Lipinski definition) is 3. The van der Waals surface area contributed by atoms with Crippen LogP contribution in [0.25, 0.3) is 0 Å². The van der Waals surface area contributed by atoms with Gasteiger partial charge >= 0.3 is 0 Å². The largest absolute Gasteiger partial charge is 0.497 e. The molecule has 1 aliphatic rings. The molecule has 144 valence electrons. The summed E-state index contributed by atoms with van der Waals surface area (Å²) in [5, 5.41) is 3.52. The number of rotatable bonds is 7.